The number of nitrogens with zero attached hydrogens (tertiary/aromatic N) is 4. The van der Waals surface area contributed by atoms with Crippen LogP contribution in [0.2, 0.25) is 0 Å². The molecule has 0 aliphatic rings. The van der Waals surface area contributed by atoms with Gasteiger partial charge in [0.25, 0.3) is 0 Å². The van der Waals surface area contributed by atoms with E-state index in [2.05, 4.69) is 20.6 Å². The highest BCUT2D eigenvalue weighted by molar-refractivity contribution is 5.73. The predicted molar refractivity (Wildman–Crippen MR) is 108 cm³/mol. The zero-order valence-electron chi connectivity index (χ0n) is 16.1. The van der Waals surface area contributed by atoms with Gasteiger partial charge in [-0.1, -0.05) is 17.3 Å². The van der Waals surface area contributed by atoms with Gasteiger partial charge in [-0.15, -0.1) is 5.10 Å². The van der Waals surface area contributed by atoms with Crippen LogP contribution in [0.3, 0.4) is 0 Å². The number of nitrogens with one attached hydrogen (secondary N) is 1. The molecule has 0 radical (unpaired) electrons. The van der Waals surface area contributed by atoms with E-state index in [9.17, 15) is 4.39 Å². The van der Waals surface area contributed by atoms with Crippen molar-refractivity contribution >= 4 is 17.0 Å². The maximum Gasteiger partial charge on any atom is 0.185 e. The Hall–Kier alpha value is -3.68. The van der Waals surface area contributed by atoms with Crippen LogP contribution < -0.4 is 14.8 Å². The normalized spacial score (nSPS) is 10.9. The SMILES string of the molecule is COc1cccc(CCNc2ccc3nnn(-c4ccc(F)cc4)c3n2)c1OC. The van der Waals surface area contributed by atoms with Crippen molar-refractivity contribution in [1.29, 1.82) is 0 Å². The summed E-state index contributed by atoms with van der Waals surface area (Å²) < 4.78 is 25.6. The van der Waals surface area contributed by atoms with Gasteiger partial charge in [0.15, 0.2) is 17.1 Å². The van der Waals surface area contributed by atoms with Crippen LogP contribution in [0.15, 0.2) is 54.6 Å². The number of rotatable bonds is 7. The number of hydrogen-bond acceptors (Lipinski definition) is 6. The Bertz CT molecular complexity index is 1130. The Balaban J connectivity index is 1.52. The van der Waals surface area contributed by atoms with E-state index in [4.69, 9.17) is 9.47 Å². The lowest BCUT2D eigenvalue weighted by Gasteiger charge is -2.13. The smallest absolute Gasteiger partial charge is 0.185 e. The van der Waals surface area contributed by atoms with Crippen LogP contribution in [0.25, 0.3) is 16.9 Å². The van der Waals surface area contributed by atoms with Crippen molar-refractivity contribution < 1.29 is 13.9 Å². The van der Waals surface area contributed by atoms with E-state index in [-0.39, 0.29) is 5.82 Å². The maximum absolute atomic E-state index is 13.2. The number of anilines is 1. The van der Waals surface area contributed by atoms with E-state index >= 15 is 0 Å². The molecule has 0 saturated carbocycles. The molecule has 0 spiro atoms. The third-order valence-corrected chi connectivity index (χ3v) is 4.55. The number of fused-ring (bicyclic) bond motifs is 1. The predicted octanol–water partition coefficient (Wildman–Crippen LogP) is 3.63. The van der Waals surface area contributed by atoms with E-state index < -0.39 is 0 Å². The van der Waals surface area contributed by atoms with Gasteiger partial charge in [-0.2, -0.15) is 4.68 Å². The highest BCUT2D eigenvalue weighted by Crippen LogP contribution is 2.30. The molecule has 0 unspecified atom stereocenters. The Kier molecular flexibility index (Phi) is 5.24. The monoisotopic (exact) mass is 393 g/mol. The fourth-order valence-electron chi connectivity index (χ4n) is 3.14. The van der Waals surface area contributed by atoms with Crippen LogP contribution in [0.1, 0.15) is 5.56 Å². The molecule has 0 atom stereocenters. The number of halogens is 1. The second-order valence-corrected chi connectivity index (χ2v) is 6.35. The molecular weight excluding hydrogens is 373 g/mol. The van der Waals surface area contributed by atoms with Gasteiger partial charge in [-0.25, -0.2) is 9.37 Å². The Morgan fingerprint density at radius 2 is 1.83 bits per heavy atom. The van der Waals surface area contributed by atoms with E-state index in [1.165, 1.54) is 12.1 Å². The van der Waals surface area contributed by atoms with Crippen molar-refractivity contribution in [3.63, 3.8) is 0 Å². The van der Waals surface area contributed by atoms with Crippen LogP contribution in [0.5, 0.6) is 11.5 Å². The summed E-state index contributed by atoms with van der Waals surface area (Å²) in [6, 6.07) is 15.6. The summed E-state index contributed by atoms with van der Waals surface area (Å²) in [6.07, 6.45) is 0.732. The number of hydrogen-bond donors (Lipinski definition) is 1. The molecule has 4 aromatic rings. The van der Waals surface area contributed by atoms with Crippen molar-refractivity contribution in [2.45, 2.75) is 6.42 Å². The third kappa shape index (κ3) is 3.82. The molecule has 1 N–H and O–H groups in total. The van der Waals surface area contributed by atoms with Crippen LogP contribution in [0.4, 0.5) is 10.2 Å². The van der Waals surface area contributed by atoms with Crippen molar-refractivity contribution in [2.75, 3.05) is 26.1 Å². The first-order valence-corrected chi connectivity index (χ1v) is 9.11. The number of para-hydroxylation sites is 1. The Labute approximate surface area is 167 Å². The highest BCUT2D eigenvalue weighted by atomic mass is 19.1. The first-order valence-electron chi connectivity index (χ1n) is 9.11. The van der Waals surface area contributed by atoms with E-state index in [0.717, 1.165) is 17.7 Å². The van der Waals surface area contributed by atoms with Gasteiger partial charge in [0.1, 0.15) is 17.2 Å². The van der Waals surface area contributed by atoms with Gasteiger partial charge in [-0.05, 0) is 54.4 Å². The number of ether oxygens (including phenoxy) is 2. The highest BCUT2D eigenvalue weighted by Gasteiger charge is 2.11. The van der Waals surface area contributed by atoms with E-state index in [0.29, 0.717) is 35.0 Å². The lowest BCUT2D eigenvalue weighted by atomic mass is 10.1. The molecule has 0 bridgehead atoms. The van der Waals surface area contributed by atoms with E-state index in [1.54, 1.807) is 31.0 Å². The van der Waals surface area contributed by atoms with Crippen LogP contribution in [-0.4, -0.2) is 40.7 Å². The first-order chi connectivity index (χ1) is 14.2. The molecule has 0 amide bonds. The van der Waals surface area contributed by atoms with Crippen LogP contribution >= 0.6 is 0 Å². The average Bonchev–Trinajstić information content (AvgIpc) is 3.17. The molecule has 8 heteroatoms. The third-order valence-electron chi connectivity index (χ3n) is 4.55. The number of benzene rings is 2. The van der Waals surface area contributed by atoms with E-state index in [1.807, 2.05) is 30.3 Å². The lowest BCUT2D eigenvalue weighted by Crippen LogP contribution is -2.08. The minimum absolute atomic E-state index is 0.304. The minimum Gasteiger partial charge on any atom is -0.493 e. The molecule has 7 nitrogen and oxygen atoms in total. The molecule has 2 aromatic heterocycles. The molecule has 0 aliphatic heterocycles. The summed E-state index contributed by atoms with van der Waals surface area (Å²) in [7, 11) is 3.26. The van der Waals surface area contributed by atoms with Gasteiger partial charge in [-0.3, -0.25) is 0 Å². The van der Waals surface area contributed by atoms with Crippen molar-refractivity contribution in [1.82, 2.24) is 20.0 Å². The van der Waals surface area contributed by atoms with Crippen molar-refractivity contribution in [3.8, 4) is 17.2 Å². The molecule has 2 heterocycles. The van der Waals surface area contributed by atoms with Gasteiger partial charge in [0, 0.05) is 6.54 Å². The number of pyridine rings is 1. The largest absolute Gasteiger partial charge is 0.493 e. The van der Waals surface area contributed by atoms with Crippen LogP contribution in [0, 0.1) is 5.82 Å². The Morgan fingerprint density at radius 3 is 2.59 bits per heavy atom. The average molecular weight is 393 g/mol. The Morgan fingerprint density at radius 1 is 1.00 bits per heavy atom. The quantitative estimate of drug-likeness (QED) is 0.517. The molecule has 0 saturated heterocycles. The molecular formula is C21H20FN5O2. The van der Waals surface area contributed by atoms with Crippen molar-refractivity contribution in [3.05, 3.63) is 66.0 Å². The fraction of sp³-hybridized carbons (Fsp3) is 0.190. The number of methoxy groups -OCH3 is 2. The first kappa shape index (κ1) is 18.7. The summed E-state index contributed by atoms with van der Waals surface area (Å²) in [5.74, 6) is 1.84. The zero-order valence-corrected chi connectivity index (χ0v) is 16.1. The molecule has 2 aromatic carbocycles. The van der Waals surface area contributed by atoms with Crippen molar-refractivity contribution in [2.24, 2.45) is 0 Å². The second kappa shape index (κ2) is 8.14. The summed E-state index contributed by atoms with van der Waals surface area (Å²) >= 11 is 0. The summed E-state index contributed by atoms with van der Waals surface area (Å²) in [6.45, 7) is 0.653. The summed E-state index contributed by atoms with van der Waals surface area (Å²) in [4.78, 5) is 4.62. The van der Waals surface area contributed by atoms with Gasteiger partial charge < -0.3 is 14.8 Å². The van der Waals surface area contributed by atoms with Gasteiger partial charge >= 0.3 is 0 Å². The molecule has 0 fully saturated rings. The maximum atomic E-state index is 13.2. The molecule has 0 aliphatic carbocycles. The standard InChI is InChI=1S/C21H20FN5O2/c1-28-18-5-3-4-14(20(18)29-2)12-13-23-19-11-10-17-21(24-19)27(26-25-17)16-8-6-15(22)7-9-16/h3-11H,12-13H2,1-2H3,(H,23,24). The lowest BCUT2D eigenvalue weighted by molar-refractivity contribution is 0.352. The van der Waals surface area contributed by atoms with Gasteiger partial charge in [0.2, 0.25) is 0 Å². The molecule has 29 heavy (non-hydrogen) atoms. The van der Waals surface area contributed by atoms with Gasteiger partial charge in [0.05, 0.1) is 19.9 Å². The molecule has 148 valence electrons. The molecule has 4 rings (SSSR count). The summed E-state index contributed by atoms with van der Waals surface area (Å²) in [5, 5.41) is 11.6. The summed E-state index contributed by atoms with van der Waals surface area (Å²) in [5.41, 5.74) is 2.99. The minimum atomic E-state index is -0.304. The fourth-order valence-corrected chi connectivity index (χ4v) is 3.14. The zero-order chi connectivity index (χ0) is 20.2. The topological polar surface area (TPSA) is 74.1 Å². The van der Waals surface area contributed by atoms with Crippen LogP contribution in [-0.2, 0) is 6.42 Å². The second-order valence-electron chi connectivity index (χ2n) is 6.35. The number of aromatic nitrogens is 4.